The van der Waals surface area contributed by atoms with E-state index in [1.54, 1.807) is 11.9 Å². The lowest BCUT2D eigenvalue weighted by Gasteiger charge is -2.31. The van der Waals surface area contributed by atoms with E-state index in [-0.39, 0.29) is 29.2 Å². The monoisotopic (exact) mass is 469 g/mol. The highest BCUT2D eigenvalue weighted by Crippen LogP contribution is 2.37. The number of nitrogens with one attached hydrogen (secondary N) is 1. The fourth-order valence-electron chi connectivity index (χ4n) is 4.72. The quantitative estimate of drug-likeness (QED) is 0.657. The molecule has 35 heavy (non-hydrogen) atoms. The van der Waals surface area contributed by atoms with Gasteiger partial charge in [0, 0.05) is 26.6 Å². The molecule has 2 aromatic rings. The van der Waals surface area contributed by atoms with Crippen LogP contribution in [0.25, 0.3) is 0 Å². The van der Waals surface area contributed by atoms with Crippen LogP contribution in [0.3, 0.4) is 0 Å². The van der Waals surface area contributed by atoms with Gasteiger partial charge >= 0.3 is 0 Å². The second-order valence-electron chi connectivity index (χ2n) is 10.5. The number of allylic oxidation sites excluding steroid dienone is 2. The average molecular weight is 470 g/mol. The van der Waals surface area contributed by atoms with Crippen LogP contribution in [0.15, 0.2) is 96.2 Å². The summed E-state index contributed by atoms with van der Waals surface area (Å²) < 4.78 is 0. The third-order valence-corrected chi connectivity index (χ3v) is 6.81. The fraction of sp³-hybridized carbons (Fsp3) is 0.333. The van der Waals surface area contributed by atoms with Crippen molar-refractivity contribution in [3.05, 3.63) is 107 Å². The molecule has 4 rings (SSSR count). The van der Waals surface area contributed by atoms with Gasteiger partial charge in [0.2, 0.25) is 5.91 Å². The third-order valence-electron chi connectivity index (χ3n) is 6.81. The Morgan fingerprint density at radius 3 is 2.26 bits per heavy atom. The van der Waals surface area contributed by atoms with E-state index in [2.05, 4.69) is 44.3 Å². The Labute approximate surface area is 208 Å². The molecule has 3 unspecified atom stereocenters. The Morgan fingerprint density at radius 1 is 1.00 bits per heavy atom. The summed E-state index contributed by atoms with van der Waals surface area (Å²) in [7, 11) is 3.72. The highest BCUT2D eigenvalue weighted by Gasteiger charge is 2.37. The van der Waals surface area contributed by atoms with Gasteiger partial charge in [-0.15, -0.1) is 0 Å². The molecular formula is C30H35N3O2. The molecule has 1 N–H and O–H groups in total. The molecular weight excluding hydrogens is 434 g/mol. The van der Waals surface area contributed by atoms with E-state index in [9.17, 15) is 9.59 Å². The molecule has 1 heterocycles. The van der Waals surface area contributed by atoms with Gasteiger partial charge in [0.05, 0.1) is 11.7 Å². The van der Waals surface area contributed by atoms with Gasteiger partial charge in [0.25, 0.3) is 5.91 Å². The molecule has 0 aromatic heterocycles. The first-order valence-electron chi connectivity index (χ1n) is 12.1. The molecule has 5 heteroatoms. The Hall–Kier alpha value is -3.60. The van der Waals surface area contributed by atoms with E-state index < -0.39 is 6.04 Å². The number of carbonyl (C=O) groups excluding carboxylic acids is 2. The van der Waals surface area contributed by atoms with Gasteiger partial charge in [0.15, 0.2) is 0 Å². The van der Waals surface area contributed by atoms with Crippen LogP contribution in [0.2, 0.25) is 0 Å². The molecule has 0 bridgehead atoms. The molecule has 5 nitrogen and oxygen atoms in total. The van der Waals surface area contributed by atoms with Crippen LogP contribution in [0, 0.1) is 11.3 Å². The molecule has 0 fully saturated rings. The highest BCUT2D eigenvalue weighted by molar-refractivity contribution is 5.97. The second-order valence-corrected chi connectivity index (χ2v) is 10.5. The molecule has 0 saturated heterocycles. The number of amides is 2. The molecule has 2 aromatic carbocycles. The maximum absolute atomic E-state index is 13.5. The molecule has 0 saturated carbocycles. The van der Waals surface area contributed by atoms with E-state index in [4.69, 9.17) is 0 Å². The van der Waals surface area contributed by atoms with E-state index >= 15 is 0 Å². The number of benzene rings is 2. The number of fused-ring (bicyclic) bond motifs is 1. The fourth-order valence-corrected chi connectivity index (χ4v) is 4.72. The third kappa shape index (κ3) is 5.40. The maximum Gasteiger partial charge on any atom is 0.268 e. The van der Waals surface area contributed by atoms with Crippen molar-refractivity contribution >= 4 is 11.8 Å². The standard InChI is InChI=1S/C30H35N3O2/c1-30(2,3)24-16-17-25-23(18-24)19-26(33(25)5)28(34)31-27(22-14-10-7-11-15-22)29(35)32(4)20-21-12-8-6-9-13-21/h6-19,23,25,27H,20H2,1-5H3,(H,31,34). The minimum Gasteiger partial charge on any atom is -0.363 e. The van der Waals surface area contributed by atoms with Gasteiger partial charge in [-0.1, -0.05) is 99.7 Å². The first kappa shape index (κ1) is 24.5. The van der Waals surface area contributed by atoms with Crippen molar-refractivity contribution in [3.8, 4) is 0 Å². The first-order chi connectivity index (χ1) is 16.6. The number of carbonyl (C=O) groups is 2. The summed E-state index contributed by atoms with van der Waals surface area (Å²) in [6, 6.07) is 18.6. The summed E-state index contributed by atoms with van der Waals surface area (Å²) in [5.74, 6) is -0.259. The predicted molar refractivity (Wildman–Crippen MR) is 140 cm³/mol. The zero-order chi connectivity index (χ0) is 25.2. The molecule has 1 aliphatic heterocycles. The Balaban J connectivity index is 1.56. The summed E-state index contributed by atoms with van der Waals surface area (Å²) in [6.45, 7) is 7.06. The van der Waals surface area contributed by atoms with Gasteiger partial charge in [0.1, 0.15) is 6.04 Å². The van der Waals surface area contributed by atoms with Gasteiger partial charge in [-0.05, 0) is 28.2 Å². The van der Waals surface area contributed by atoms with Crippen molar-refractivity contribution < 1.29 is 9.59 Å². The maximum atomic E-state index is 13.5. The summed E-state index contributed by atoms with van der Waals surface area (Å²) in [6.07, 6.45) is 8.63. The van der Waals surface area contributed by atoms with E-state index in [0.717, 1.165) is 11.1 Å². The topological polar surface area (TPSA) is 52.7 Å². The van der Waals surface area contributed by atoms with Crippen LogP contribution in [0.4, 0.5) is 0 Å². The van der Waals surface area contributed by atoms with Crippen molar-refractivity contribution in [2.24, 2.45) is 11.3 Å². The summed E-state index contributed by atoms with van der Waals surface area (Å²) in [5.41, 5.74) is 3.71. The van der Waals surface area contributed by atoms with Crippen LogP contribution < -0.4 is 5.32 Å². The summed E-state index contributed by atoms with van der Waals surface area (Å²) >= 11 is 0. The van der Waals surface area contributed by atoms with Gasteiger partial charge in [-0.3, -0.25) is 9.59 Å². The molecule has 182 valence electrons. The molecule has 1 aliphatic carbocycles. The number of rotatable bonds is 6. The largest absolute Gasteiger partial charge is 0.363 e. The van der Waals surface area contributed by atoms with Crippen molar-refractivity contribution in [1.82, 2.24) is 15.1 Å². The zero-order valence-corrected chi connectivity index (χ0v) is 21.2. The first-order valence-corrected chi connectivity index (χ1v) is 12.1. The molecule has 2 amide bonds. The summed E-state index contributed by atoms with van der Waals surface area (Å²) in [5, 5.41) is 3.04. The lowest BCUT2D eigenvalue weighted by molar-refractivity contribution is -0.135. The summed E-state index contributed by atoms with van der Waals surface area (Å²) in [4.78, 5) is 30.7. The number of likely N-dealkylation sites (N-methyl/N-ethyl adjacent to an activating group) is 2. The lowest BCUT2D eigenvalue weighted by atomic mass is 9.80. The number of hydrogen-bond acceptors (Lipinski definition) is 3. The molecule has 0 radical (unpaired) electrons. The Bertz CT molecular complexity index is 1160. The van der Waals surface area contributed by atoms with Gasteiger partial charge in [-0.2, -0.15) is 0 Å². The van der Waals surface area contributed by atoms with Crippen molar-refractivity contribution in [2.75, 3.05) is 14.1 Å². The number of nitrogens with zero attached hydrogens (tertiary/aromatic N) is 2. The Morgan fingerprint density at radius 2 is 1.63 bits per heavy atom. The number of hydrogen-bond donors (Lipinski definition) is 1. The average Bonchev–Trinajstić information content (AvgIpc) is 3.18. The van der Waals surface area contributed by atoms with Crippen molar-refractivity contribution in [3.63, 3.8) is 0 Å². The smallest absolute Gasteiger partial charge is 0.268 e. The SMILES string of the molecule is CN(Cc1ccccc1)C(=O)C(NC(=O)C1=CC2C=C(C(C)(C)C)C=CC2N1C)c1ccccc1. The predicted octanol–water partition coefficient (Wildman–Crippen LogP) is 4.86. The van der Waals surface area contributed by atoms with Crippen LogP contribution in [0.5, 0.6) is 0 Å². The van der Waals surface area contributed by atoms with Gasteiger partial charge in [-0.25, -0.2) is 0 Å². The lowest BCUT2D eigenvalue weighted by Crippen LogP contribution is -2.43. The highest BCUT2D eigenvalue weighted by atomic mass is 16.2. The van der Waals surface area contributed by atoms with E-state index in [1.165, 1.54) is 5.57 Å². The molecule has 0 spiro atoms. The Kier molecular flexibility index (Phi) is 6.97. The normalized spacial score (nSPS) is 20.0. The minimum atomic E-state index is -0.773. The zero-order valence-electron chi connectivity index (χ0n) is 21.2. The second kappa shape index (κ2) is 9.95. The molecule has 2 aliphatic rings. The van der Waals surface area contributed by atoms with Crippen LogP contribution in [-0.2, 0) is 16.1 Å². The molecule has 3 atom stereocenters. The van der Waals surface area contributed by atoms with Crippen molar-refractivity contribution in [1.29, 1.82) is 0 Å². The van der Waals surface area contributed by atoms with Crippen LogP contribution >= 0.6 is 0 Å². The van der Waals surface area contributed by atoms with Crippen LogP contribution in [0.1, 0.15) is 37.9 Å². The van der Waals surface area contributed by atoms with Gasteiger partial charge < -0.3 is 15.1 Å². The van der Waals surface area contributed by atoms with E-state index in [1.807, 2.05) is 78.7 Å². The van der Waals surface area contributed by atoms with Crippen LogP contribution in [-0.4, -0.2) is 41.8 Å². The minimum absolute atomic E-state index is 0.0487. The van der Waals surface area contributed by atoms with E-state index in [0.29, 0.717) is 12.2 Å². The van der Waals surface area contributed by atoms with Crippen molar-refractivity contribution in [2.45, 2.75) is 39.4 Å².